The summed E-state index contributed by atoms with van der Waals surface area (Å²) < 4.78 is 15.8. The zero-order valence-electron chi connectivity index (χ0n) is 16.5. The Hall–Kier alpha value is -3.39. The first-order valence-corrected chi connectivity index (χ1v) is 9.49. The van der Waals surface area contributed by atoms with Gasteiger partial charge in [0.1, 0.15) is 18.1 Å². The van der Waals surface area contributed by atoms with E-state index in [2.05, 4.69) is 15.5 Å². The maximum Gasteiger partial charge on any atom is 0.310 e. The summed E-state index contributed by atoms with van der Waals surface area (Å²) in [6.45, 7) is 3.62. The monoisotopic (exact) mass is 429 g/mol. The van der Waals surface area contributed by atoms with Crippen LogP contribution < -0.4 is 10.1 Å². The highest BCUT2D eigenvalue weighted by atomic mass is 35.5. The lowest BCUT2D eigenvalue weighted by Crippen LogP contribution is -2.21. The second-order valence-corrected chi connectivity index (χ2v) is 6.82. The second kappa shape index (κ2) is 9.89. The van der Waals surface area contributed by atoms with Gasteiger partial charge in [0.15, 0.2) is 11.8 Å². The number of esters is 1. The van der Waals surface area contributed by atoms with Crippen molar-refractivity contribution in [2.75, 3.05) is 11.9 Å². The molecule has 0 aliphatic heterocycles. The third-order valence-corrected chi connectivity index (χ3v) is 4.53. The maximum absolute atomic E-state index is 12.0. The Morgan fingerprint density at radius 3 is 2.60 bits per heavy atom. The van der Waals surface area contributed by atoms with E-state index >= 15 is 0 Å². The summed E-state index contributed by atoms with van der Waals surface area (Å²) in [6.07, 6.45) is 1.54. The van der Waals surface area contributed by atoms with Crippen molar-refractivity contribution >= 4 is 29.2 Å². The molecule has 3 aromatic rings. The number of nitrogens with zero attached hydrogens (tertiary/aromatic N) is 2. The molecule has 0 saturated heterocycles. The predicted octanol–water partition coefficient (Wildman–Crippen LogP) is 3.64. The molecule has 0 bridgehead atoms. The molecule has 0 spiro atoms. The van der Waals surface area contributed by atoms with Crippen LogP contribution in [0.2, 0.25) is 5.15 Å². The minimum atomic E-state index is -0.521. The smallest absolute Gasteiger partial charge is 0.310 e. The molecule has 0 atom stereocenters. The molecule has 9 heteroatoms. The van der Waals surface area contributed by atoms with Crippen molar-refractivity contribution in [1.82, 2.24) is 10.1 Å². The third-order valence-electron chi connectivity index (χ3n) is 4.23. The van der Waals surface area contributed by atoms with Crippen LogP contribution in [-0.4, -0.2) is 28.6 Å². The summed E-state index contributed by atoms with van der Waals surface area (Å²) in [5, 5.41) is 6.58. The molecule has 1 aromatic carbocycles. The van der Waals surface area contributed by atoms with Crippen molar-refractivity contribution in [2.24, 2.45) is 0 Å². The van der Waals surface area contributed by atoms with Gasteiger partial charge in [-0.25, -0.2) is 4.98 Å². The molecule has 0 unspecified atom stereocenters. The number of amides is 1. The van der Waals surface area contributed by atoms with E-state index in [4.69, 9.17) is 25.6 Å². The van der Waals surface area contributed by atoms with E-state index in [1.54, 1.807) is 36.4 Å². The Morgan fingerprint density at radius 2 is 1.93 bits per heavy atom. The topological polar surface area (TPSA) is 104 Å². The zero-order chi connectivity index (χ0) is 21.5. The summed E-state index contributed by atoms with van der Waals surface area (Å²) in [5.74, 6) is 0.356. The molecule has 0 fully saturated rings. The number of carbonyl (C=O) groups is 2. The summed E-state index contributed by atoms with van der Waals surface area (Å²) in [7, 11) is 0. The normalized spacial score (nSPS) is 10.5. The van der Waals surface area contributed by atoms with Crippen molar-refractivity contribution in [3.63, 3.8) is 0 Å². The van der Waals surface area contributed by atoms with Gasteiger partial charge in [-0.3, -0.25) is 9.59 Å². The van der Waals surface area contributed by atoms with E-state index in [0.29, 0.717) is 18.0 Å². The summed E-state index contributed by atoms with van der Waals surface area (Å²) >= 11 is 5.87. The van der Waals surface area contributed by atoms with Gasteiger partial charge < -0.3 is 19.3 Å². The molecule has 1 amide bonds. The summed E-state index contributed by atoms with van der Waals surface area (Å²) in [4.78, 5) is 27.7. The second-order valence-electron chi connectivity index (χ2n) is 6.46. The van der Waals surface area contributed by atoms with Crippen LogP contribution in [0.15, 0.2) is 47.1 Å². The van der Waals surface area contributed by atoms with Crippen LogP contribution >= 0.6 is 11.6 Å². The molecule has 2 aromatic heterocycles. The van der Waals surface area contributed by atoms with Crippen LogP contribution in [0.3, 0.4) is 0 Å². The molecular weight excluding hydrogens is 410 g/mol. The lowest BCUT2D eigenvalue weighted by Gasteiger charge is -2.08. The Kier molecular flexibility index (Phi) is 7.03. The highest BCUT2D eigenvalue weighted by Crippen LogP contribution is 2.19. The molecular formula is C21H20ClN3O5. The Bertz CT molecular complexity index is 1010. The molecule has 156 valence electrons. The maximum atomic E-state index is 12.0. The number of aromatic nitrogens is 2. The Balaban J connectivity index is 1.44. The van der Waals surface area contributed by atoms with E-state index in [9.17, 15) is 9.59 Å². The van der Waals surface area contributed by atoms with Gasteiger partial charge in [0.25, 0.3) is 5.91 Å². The van der Waals surface area contributed by atoms with E-state index < -0.39 is 18.5 Å². The van der Waals surface area contributed by atoms with E-state index in [1.165, 1.54) is 6.20 Å². The number of hydrogen-bond acceptors (Lipinski definition) is 7. The lowest BCUT2D eigenvalue weighted by atomic mass is 10.1. The van der Waals surface area contributed by atoms with Crippen molar-refractivity contribution in [3.8, 4) is 5.75 Å². The fourth-order valence-corrected chi connectivity index (χ4v) is 2.76. The van der Waals surface area contributed by atoms with Gasteiger partial charge in [0.2, 0.25) is 0 Å². The Labute approximate surface area is 178 Å². The number of carbonyl (C=O) groups excluding carboxylic acids is 2. The molecule has 0 radical (unpaired) electrons. The van der Waals surface area contributed by atoms with Gasteiger partial charge in [-0.2, -0.15) is 0 Å². The number of benzene rings is 1. The number of halogens is 1. The zero-order valence-corrected chi connectivity index (χ0v) is 17.2. The number of anilines is 1. The van der Waals surface area contributed by atoms with Gasteiger partial charge in [0.05, 0.1) is 23.4 Å². The molecule has 30 heavy (non-hydrogen) atoms. The van der Waals surface area contributed by atoms with E-state index in [-0.39, 0.29) is 11.6 Å². The van der Waals surface area contributed by atoms with Gasteiger partial charge in [-0.1, -0.05) is 28.9 Å². The molecule has 3 rings (SSSR count). The first kappa shape index (κ1) is 21.3. The van der Waals surface area contributed by atoms with Gasteiger partial charge in [-0.15, -0.1) is 0 Å². The van der Waals surface area contributed by atoms with Gasteiger partial charge >= 0.3 is 5.97 Å². The van der Waals surface area contributed by atoms with Crippen LogP contribution in [0.1, 0.15) is 22.6 Å². The van der Waals surface area contributed by atoms with Crippen molar-refractivity contribution in [3.05, 3.63) is 70.3 Å². The van der Waals surface area contributed by atoms with Crippen LogP contribution in [-0.2, 0) is 27.4 Å². The summed E-state index contributed by atoms with van der Waals surface area (Å²) in [6, 6.07) is 10.3. The number of nitrogens with one attached hydrogen (secondary N) is 1. The Morgan fingerprint density at radius 1 is 1.17 bits per heavy atom. The lowest BCUT2D eigenvalue weighted by molar-refractivity contribution is -0.146. The molecule has 0 saturated carbocycles. The molecule has 0 aliphatic carbocycles. The predicted molar refractivity (Wildman–Crippen MR) is 109 cm³/mol. The molecule has 0 aliphatic rings. The average Bonchev–Trinajstić information content (AvgIpc) is 3.05. The van der Waals surface area contributed by atoms with Crippen LogP contribution in [0, 0.1) is 13.8 Å². The first-order chi connectivity index (χ1) is 14.4. The molecule has 2 heterocycles. The minimum Gasteiger partial charge on any atom is -0.489 e. The number of rotatable bonds is 8. The largest absolute Gasteiger partial charge is 0.489 e. The number of hydrogen-bond donors (Lipinski definition) is 1. The van der Waals surface area contributed by atoms with Crippen LogP contribution in [0.25, 0.3) is 0 Å². The standard InChI is InChI=1S/C21H20ClN3O5/c1-13-17(14(2)30-25-13)11-28-16-7-5-15(6-8-16)10-20(27)29-12-19(26)24-18-4-3-9-23-21(18)22/h3-9H,10-12H2,1-2H3,(H,24,26). The van der Waals surface area contributed by atoms with Crippen molar-refractivity contribution in [2.45, 2.75) is 26.9 Å². The highest BCUT2D eigenvalue weighted by molar-refractivity contribution is 6.32. The minimum absolute atomic E-state index is 0.0328. The summed E-state index contributed by atoms with van der Waals surface area (Å²) in [5.41, 5.74) is 2.79. The van der Waals surface area contributed by atoms with Crippen molar-refractivity contribution in [1.29, 1.82) is 0 Å². The fraction of sp³-hybridized carbons (Fsp3) is 0.238. The quantitative estimate of drug-likeness (QED) is 0.430. The van der Waals surface area contributed by atoms with E-state index in [1.807, 2.05) is 13.8 Å². The van der Waals surface area contributed by atoms with Gasteiger partial charge in [-0.05, 0) is 43.7 Å². The number of ether oxygens (including phenoxy) is 2. The molecule has 1 N–H and O–H groups in total. The van der Waals surface area contributed by atoms with Crippen LogP contribution in [0.4, 0.5) is 5.69 Å². The average molecular weight is 430 g/mol. The van der Waals surface area contributed by atoms with Crippen LogP contribution in [0.5, 0.6) is 5.75 Å². The fourth-order valence-electron chi connectivity index (χ4n) is 2.60. The van der Waals surface area contributed by atoms with E-state index in [0.717, 1.165) is 22.6 Å². The van der Waals surface area contributed by atoms with Crippen molar-refractivity contribution < 1.29 is 23.6 Å². The number of pyridine rings is 1. The highest BCUT2D eigenvalue weighted by Gasteiger charge is 2.12. The van der Waals surface area contributed by atoms with Gasteiger partial charge in [0, 0.05) is 6.20 Å². The number of aryl methyl sites for hydroxylation is 2. The first-order valence-electron chi connectivity index (χ1n) is 9.12. The third kappa shape index (κ3) is 5.81. The molecule has 8 nitrogen and oxygen atoms in total. The SMILES string of the molecule is Cc1noc(C)c1COc1ccc(CC(=O)OCC(=O)Nc2cccnc2Cl)cc1.